The quantitative estimate of drug-likeness (QED) is 0.753. The first kappa shape index (κ1) is 17.6. The van der Waals surface area contributed by atoms with Crippen molar-refractivity contribution in [1.29, 1.82) is 5.26 Å². The van der Waals surface area contributed by atoms with Crippen molar-refractivity contribution in [2.75, 3.05) is 26.2 Å². The van der Waals surface area contributed by atoms with Gasteiger partial charge in [-0.1, -0.05) is 26.0 Å². The molecule has 0 radical (unpaired) electrons. The molecule has 5 nitrogen and oxygen atoms in total. The van der Waals surface area contributed by atoms with E-state index >= 15 is 0 Å². The Bertz CT molecular complexity index is 562. The van der Waals surface area contributed by atoms with E-state index in [0.717, 1.165) is 26.1 Å². The lowest BCUT2D eigenvalue weighted by Crippen LogP contribution is -2.35. The summed E-state index contributed by atoms with van der Waals surface area (Å²) in [5.74, 6) is -0.0569. The molecule has 0 atom stereocenters. The average molecular weight is 309 g/mol. The van der Waals surface area contributed by atoms with Crippen LogP contribution in [0.25, 0.3) is 0 Å². The predicted molar refractivity (Wildman–Crippen MR) is 84.2 cm³/mol. The smallest absolute Gasteiger partial charge is 0.215 e. The molecule has 0 spiro atoms. The summed E-state index contributed by atoms with van der Waals surface area (Å²) in [4.78, 5) is 2.21. The Morgan fingerprint density at radius 2 is 1.86 bits per heavy atom. The molecule has 0 aliphatic rings. The first-order valence-corrected chi connectivity index (χ1v) is 8.84. The van der Waals surface area contributed by atoms with Gasteiger partial charge in [-0.3, -0.25) is 0 Å². The molecule has 21 heavy (non-hydrogen) atoms. The summed E-state index contributed by atoms with van der Waals surface area (Å²) in [6, 6.07) is 8.62. The topological polar surface area (TPSA) is 73.2 Å². The Morgan fingerprint density at radius 1 is 1.19 bits per heavy atom. The number of nitrogens with zero attached hydrogens (tertiary/aromatic N) is 2. The van der Waals surface area contributed by atoms with Gasteiger partial charge in [0.25, 0.3) is 0 Å². The summed E-state index contributed by atoms with van der Waals surface area (Å²) < 4.78 is 26.6. The van der Waals surface area contributed by atoms with Gasteiger partial charge in [-0.2, -0.15) is 5.26 Å². The number of likely N-dealkylation sites (N-methyl/N-ethyl adjacent to an activating group) is 1. The zero-order valence-electron chi connectivity index (χ0n) is 12.7. The van der Waals surface area contributed by atoms with Gasteiger partial charge < -0.3 is 4.90 Å². The molecule has 1 aromatic rings. The largest absolute Gasteiger partial charge is 0.302 e. The van der Waals surface area contributed by atoms with Crippen LogP contribution in [0.1, 0.15) is 31.4 Å². The molecule has 0 aliphatic heterocycles. The summed E-state index contributed by atoms with van der Waals surface area (Å²) >= 11 is 0. The van der Waals surface area contributed by atoms with Gasteiger partial charge in [0.15, 0.2) is 0 Å². The van der Waals surface area contributed by atoms with Crippen LogP contribution in [0.15, 0.2) is 24.3 Å². The second-order valence-corrected chi connectivity index (χ2v) is 6.70. The Morgan fingerprint density at radius 3 is 2.38 bits per heavy atom. The molecular weight excluding hydrogens is 286 g/mol. The van der Waals surface area contributed by atoms with Crippen LogP contribution in [0.2, 0.25) is 0 Å². The SMILES string of the molecule is CCCN(CC)CCNS(=O)(=O)Cc1ccc(C#N)cc1. The van der Waals surface area contributed by atoms with Gasteiger partial charge in [0, 0.05) is 13.1 Å². The fourth-order valence-electron chi connectivity index (χ4n) is 2.05. The molecule has 0 unspecified atom stereocenters. The van der Waals surface area contributed by atoms with E-state index in [-0.39, 0.29) is 5.75 Å². The molecular formula is C15H23N3O2S. The van der Waals surface area contributed by atoms with Crippen molar-refractivity contribution in [3.63, 3.8) is 0 Å². The molecule has 1 N–H and O–H groups in total. The summed E-state index contributed by atoms with van der Waals surface area (Å²) in [6.07, 6.45) is 1.06. The van der Waals surface area contributed by atoms with E-state index in [1.165, 1.54) is 0 Å². The number of nitriles is 1. The third-order valence-corrected chi connectivity index (χ3v) is 4.53. The number of nitrogens with one attached hydrogen (secondary N) is 1. The van der Waals surface area contributed by atoms with Gasteiger partial charge in [0.05, 0.1) is 17.4 Å². The maximum absolute atomic E-state index is 12.0. The molecule has 0 amide bonds. The van der Waals surface area contributed by atoms with Crippen LogP contribution in [0.4, 0.5) is 0 Å². The van der Waals surface area contributed by atoms with E-state index in [9.17, 15) is 8.42 Å². The standard InChI is InChI=1S/C15H23N3O2S/c1-3-10-18(4-2)11-9-17-21(19,20)13-15-7-5-14(12-16)6-8-15/h5-8,17H,3-4,9-11,13H2,1-2H3. The Balaban J connectivity index is 2.48. The van der Waals surface area contributed by atoms with Crippen LogP contribution in [-0.4, -0.2) is 39.5 Å². The van der Waals surface area contributed by atoms with Gasteiger partial charge in [0.1, 0.15) is 0 Å². The minimum atomic E-state index is -3.33. The van der Waals surface area contributed by atoms with Gasteiger partial charge in [-0.15, -0.1) is 0 Å². The van der Waals surface area contributed by atoms with Crippen molar-refractivity contribution in [3.05, 3.63) is 35.4 Å². The third-order valence-electron chi connectivity index (χ3n) is 3.18. The highest BCUT2D eigenvalue weighted by Crippen LogP contribution is 2.07. The van der Waals surface area contributed by atoms with Gasteiger partial charge in [0.2, 0.25) is 10.0 Å². The van der Waals surface area contributed by atoms with Crippen molar-refractivity contribution in [3.8, 4) is 6.07 Å². The van der Waals surface area contributed by atoms with Gasteiger partial charge in [-0.25, -0.2) is 13.1 Å². The monoisotopic (exact) mass is 309 g/mol. The Kier molecular flexibility index (Phi) is 7.37. The highest BCUT2D eigenvalue weighted by atomic mass is 32.2. The predicted octanol–water partition coefficient (Wildman–Crippen LogP) is 1.71. The van der Waals surface area contributed by atoms with E-state index in [2.05, 4.69) is 23.5 Å². The molecule has 0 bridgehead atoms. The summed E-state index contributed by atoms with van der Waals surface area (Å²) in [6.45, 7) is 7.22. The fourth-order valence-corrected chi connectivity index (χ4v) is 3.19. The van der Waals surface area contributed by atoms with Crippen LogP contribution in [0.5, 0.6) is 0 Å². The van der Waals surface area contributed by atoms with Crippen molar-refractivity contribution in [1.82, 2.24) is 9.62 Å². The van der Waals surface area contributed by atoms with Crippen LogP contribution in [-0.2, 0) is 15.8 Å². The van der Waals surface area contributed by atoms with Crippen LogP contribution in [0, 0.1) is 11.3 Å². The number of hydrogen-bond donors (Lipinski definition) is 1. The van der Waals surface area contributed by atoms with Crippen LogP contribution < -0.4 is 4.72 Å². The second kappa shape index (κ2) is 8.78. The van der Waals surface area contributed by atoms with Crippen LogP contribution in [0.3, 0.4) is 0 Å². The molecule has 1 rings (SSSR count). The van der Waals surface area contributed by atoms with E-state index in [1.54, 1.807) is 24.3 Å². The lowest BCUT2D eigenvalue weighted by molar-refractivity contribution is 0.293. The maximum Gasteiger partial charge on any atom is 0.215 e. The average Bonchev–Trinajstić information content (AvgIpc) is 2.46. The Labute approximate surface area is 127 Å². The molecule has 0 aromatic heterocycles. The summed E-state index contributed by atoms with van der Waals surface area (Å²) in [5, 5.41) is 8.71. The first-order valence-electron chi connectivity index (χ1n) is 7.19. The highest BCUT2D eigenvalue weighted by molar-refractivity contribution is 7.88. The molecule has 116 valence electrons. The lowest BCUT2D eigenvalue weighted by atomic mass is 10.2. The summed E-state index contributed by atoms with van der Waals surface area (Å²) in [7, 11) is -3.33. The molecule has 0 heterocycles. The molecule has 1 aromatic carbocycles. The highest BCUT2D eigenvalue weighted by Gasteiger charge is 2.11. The molecule has 0 fully saturated rings. The van der Waals surface area contributed by atoms with Gasteiger partial charge >= 0.3 is 0 Å². The zero-order chi connectivity index (χ0) is 15.7. The molecule has 0 saturated heterocycles. The first-order chi connectivity index (χ1) is 10.0. The Hall–Kier alpha value is -1.42. The molecule has 0 saturated carbocycles. The minimum Gasteiger partial charge on any atom is -0.302 e. The summed E-state index contributed by atoms with van der Waals surface area (Å²) in [5.41, 5.74) is 1.21. The van der Waals surface area contributed by atoms with E-state index in [4.69, 9.17) is 5.26 Å². The number of sulfonamides is 1. The fraction of sp³-hybridized carbons (Fsp3) is 0.533. The van der Waals surface area contributed by atoms with Crippen molar-refractivity contribution in [2.45, 2.75) is 26.0 Å². The third kappa shape index (κ3) is 6.71. The second-order valence-electron chi connectivity index (χ2n) is 4.90. The number of rotatable bonds is 9. The van der Waals surface area contributed by atoms with Crippen LogP contribution >= 0.6 is 0 Å². The van der Waals surface area contributed by atoms with Crippen molar-refractivity contribution < 1.29 is 8.42 Å². The van der Waals surface area contributed by atoms with Gasteiger partial charge in [-0.05, 0) is 37.2 Å². The van der Waals surface area contributed by atoms with E-state index in [0.29, 0.717) is 17.7 Å². The normalized spacial score (nSPS) is 11.5. The lowest BCUT2D eigenvalue weighted by Gasteiger charge is -2.19. The number of hydrogen-bond acceptors (Lipinski definition) is 4. The zero-order valence-corrected chi connectivity index (χ0v) is 13.5. The van der Waals surface area contributed by atoms with Crippen molar-refractivity contribution in [2.24, 2.45) is 0 Å². The number of benzene rings is 1. The molecule has 0 aliphatic carbocycles. The van der Waals surface area contributed by atoms with E-state index in [1.807, 2.05) is 6.07 Å². The van der Waals surface area contributed by atoms with E-state index < -0.39 is 10.0 Å². The van der Waals surface area contributed by atoms with Crippen molar-refractivity contribution >= 4 is 10.0 Å². The minimum absolute atomic E-state index is 0.0569. The maximum atomic E-state index is 12.0. The molecule has 6 heteroatoms.